The molecule has 1 saturated carbocycles. The Bertz CT molecular complexity index is 615. The monoisotopic (exact) mass is 458 g/mol. The number of anilines is 1. The van der Waals surface area contributed by atoms with Crippen LogP contribution in [-0.2, 0) is 11.2 Å². The van der Waals surface area contributed by atoms with Gasteiger partial charge in [-0.25, -0.2) is 4.99 Å². The molecule has 0 saturated heterocycles. The average Bonchev–Trinajstić information content (AvgIpc) is 2.59. The summed E-state index contributed by atoms with van der Waals surface area (Å²) in [6.45, 7) is 1.01. The molecule has 1 fully saturated rings. The van der Waals surface area contributed by atoms with Crippen molar-refractivity contribution in [2.24, 2.45) is 10.7 Å². The van der Waals surface area contributed by atoms with Gasteiger partial charge >= 0.3 is 0 Å². The van der Waals surface area contributed by atoms with E-state index in [1.54, 1.807) is 0 Å². The van der Waals surface area contributed by atoms with Crippen LogP contribution in [0.4, 0.5) is 5.69 Å². The van der Waals surface area contributed by atoms with E-state index in [4.69, 9.17) is 10.5 Å². The maximum absolute atomic E-state index is 11.4. The van der Waals surface area contributed by atoms with Gasteiger partial charge in [-0.05, 0) is 43.0 Å². The van der Waals surface area contributed by atoms with E-state index in [-0.39, 0.29) is 29.9 Å². The molecule has 2 aliphatic rings. The third-order valence-corrected chi connectivity index (χ3v) is 4.57. The van der Waals surface area contributed by atoms with Crippen molar-refractivity contribution in [2.45, 2.75) is 51.0 Å². The molecule has 1 heterocycles. The molecule has 7 heteroatoms. The van der Waals surface area contributed by atoms with E-state index in [2.05, 4.69) is 15.6 Å². The molecule has 1 aliphatic carbocycles. The summed E-state index contributed by atoms with van der Waals surface area (Å²) in [6.07, 6.45) is 7.52. The Labute approximate surface area is 166 Å². The largest absolute Gasteiger partial charge is 0.492 e. The molecule has 3 rings (SSSR count). The van der Waals surface area contributed by atoms with Crippen LogP contribution in [0.25, 0.3) is 0 Å². The maximum Gasteiger partial charge on any atom is 0.224 e. The molecule has 6 nitrogen and oxygen atoms in total. The Balaban J connectivity index is 0.00000225. The summed E-state index contributed by atoms with van der Waals surface area (Å²) in [5.41, 5.74) is 7.94. The quantitative estimate of drug-likeness (QED) is 0.274. The number of ether oxygens (including phenoxy) is 1. The van der Waals surface area contributed by atoms with Crippen LogP contribution >= 0.6 is 24.0 Å². The smallest absolute Gasteiger partial charge is 0.224 e. The minimum absolute atomic E-state index is 0. The third-order valence-electron chi connectivity index (χ3n) is 4.57. The zero-order valence-corrected chi connectivity index (χ0v) is 16.8. The molecule has 1 amide bonds. The van der Waals surface area contributed by atoms with Gasteiger partial charge in [0.1, 0.15) is 12.4 Å². The molecule has 1 aliphatic heterocycles. The summed E-state index contributed by atoms with van der Waals surface area (Å²) in [7, 11) is 0. The molecule has 0 aromatic heterocycles. The highest BCUT2D eigenvalue weighted by atomic mass is 127. The lowest BCUT2D eigenvalue weighted by atomic mass is 9.96. The van der Waals surface area contributed by atoms with Gasteiger partial charge in [-0.3, -0.25) is 4.79 Å². The molecule has 138 valence electrons. The van der Waals surface area contributed by atoms with Crippen molar-refractivity contribution in [1.82, 2.24) is 5.32 Å². The van der Waals surface area contributed by atoms with Gasteiger partial charge in [0.15, 0.2) is 5.96 Å². The SMILES string of the molecule is I.NC(=NCCOc1ccc2c(c1)CCC(=O)N2)NC1CCCCC1. The number of guanidine groups is 1. The number of nitrogens with one attached hydrogen (secondary N) is 2. The number of aliphatic imine (C=N–C) groups is 1. The van der Waals surface area contributed by atoms with Crippen LogP contribution in [0.1, 0.15) is 44.1 Å². The number of halogens is 1. The Morgan fingerprint density at radius 2 is 2.08 bits per heavy atom. The number of rotatable bonds is 5. The van der Waals surface area contributed by atoms with E-state index < -0.39 is 0 Å². The van der Waals surface area contributed by atoms with Crippen LogP contribution in [0.3, 0.4) is 0 Å². The standard InChI is InChI=1S/C18H26N4O2.HI/c19-18(21-14-4-2-1-3-5-14)20-10-11-24-15-7-8-16-13(12-15)6-9-17(23)22-16;/h7-8,12,14H,1-6,9-11H2,(H,22,23)(H3,19,20,21);1H. The predicted octanol–water partition coefficient (Wildman–Crippen LogP) is 2.81. The van der Waals surface area contributed by atoms with Gasteiger partial charge in [-0.1, -0.05) is 19.3 Å². The fraction of sp³-hybridized carbons (Fsp3) is 0.556. The molecule has 0 radical (unpaired) electrons. The lowest BCUT2D eigenvalue weighted by molar-refractivity contribution is -0.116. The number of aryl methyl sites for hydroxylation is 1. The van der Waals surface area contributed by atoms with Crippen LogP contribution in [0.15, 0.2) is 23.2 Å². The molecular formula is C18H27IN4O2. The van der Waals surface area contributed by atoms with Crippen molar-refractivity contribution in [3.8, 4) is 5.75 Å². The van der Waals surface area contributed by atoms with Crippen molar-refractivity contribution >= 4 is 41.5 Å². The first-order valence-electron chi connectivity index (χ1n) is 8.83. The number of amides is 1. The lowest BCUT2D eigenvalue weighted by Crippen LogP contribution is -2.41. The van der Waals surface area contributed by atoms with Gasteiger partial charge in [0.2, 0.25) is 5.91 Å². The Hall–Kier alpha value is -1.51. The minimum Gasteiger partial charge on any atom is -0.492 e. The van der Waals surface area contributed by atoms with Crippen LogP contribution in [0, 0.1) is 0 Å². The normalized spacial score (nSPS) is 17.9. The first kappa shape index (κ1) is 19.8. The topological polar surface area (TPSA) is 88.7 Å². The third kappa shape index (κ3) is 6.05. The van der Waals surface area contributed by atoms with Crippen LogP contribution in [0.5, 0.6) is 5.75 Å². The zero-order chi connectivity index (χ0) is 16.8. The number of carbonyl (C=O) groups is 1. The highest BCUT2D eigenvalue weighted by Gasteiger charge is 2.15. The van der Waals surface area contributed by atoms with Crippen LogP contribution in [-0.4, -0.2) is 31.1 Å². The summed E-state index contributed by atoms with van der Waals surface area (Å²) in [6, 6.07) is 6.23. The molecule has 1 aromatic carbocycles. The Kier molecular flexibility index (Phi) is 7.80. The van der Waals surface area contributed by atoms with E-state index in [1.165, 1.54) is 32.1 Å². The predicted molar refractivity (Wildman–Crippen MR) is 111 cm³/mol. The number of hydrogen-bond donors (Lipinski definition) is 3. The number of hydrogen-bond acceptors (Lipinski definition) is 3. The molecule has 0 unspecified atom stereocenters. The van der Waals surface area contributed by atoms with Gasteiger partial charge in [0, 0.05) is 18.2 Å². The van der Waals surface area contributed by atoms with Crippen molar-refractivity contribution in [3.05, 3.63) is 23.8 Å². The maximum atomic E-state index is 11.4. The van der Waals surface area contributed by atoms with E-state index >= 15 is 0 Å². The van der Waals surface area contributed by atoms with E-state index in [9.17, 15) is 4.79 Å². The van der Waals surface area contributed by atoms with Gasteiger partial charge in [0.05, 0.1) is 6.54 Å². The minimum atomic E-state index is 0. The van der Waals surface area contributed by atoms with E-state index in [0.29, 0.717) is 31.6 Å². The molecule has 0 spiro atoms. The summed E-state index contributed by atoms with van der Waals surface area (Å²) in [4.78, 5) is 15.7. The first-order valence-corrected chi connectivity index (χ1v) is 8.83. The zero-order valence-electron chi connectivity index (χ0n) is 14.4. The van der Waals surface area contributed by atoms with E-state index in [1.807, 2.05) is 18.2 Å². The summed E-state index contributed by atoms with van der Waals surface area (Å²) >= 11 is 0. The highest BCUT2D eigenvalue weighted by molar-refractivity contribution is 14.0. The van der Waals surface area contributed by atoms with Crippen molar-refractivity contribution in [3.63, 3.8) is 0 Å². The molecule has 25 heavy (non-hydrogen) atoms. The van der Waals surface area contributed by atoms with Crippen molar-refractivity contribution in [2.75, 3.05) is 18.5 Å². The second-order valence-electron chi connectivity index (χ2n) is 6.46. The van der Waals surface area contributed by atoms with Gasteiger partial charge in [-0.2, -0.15) is 0 Å². The second kappa shape index (κ2) is 9.84. The molecular weight excluding hydrogens is 431 g/mol. The van der Waals surface area contributed by atoms with Crippen molar-refractivity contribution < 1.29 is 9.53 Å². The number of nitrogens with zero attached hydrogens (tertiary/aromatic N) is 1. The fourth-order valence-corrected chi connectivity index (χ4v) is 3.28. The molecule has 0 bridgehead atoms. The Morgan fingerprint density at radius 3 is 2.88 bits per heavy atom. The highest BCUT2D eigenvalue weighted by Crippen LogP contribution is 2.26. The summed E-state index contributed by atoms with van der Waals surface area (Å²) in [5, 5.41) is 6.16. The number of nitrogens with two attached hydrogens (primary N) is 1. The molecule has 1 aromatic rings. The van der Waals surface area contributed by atoms with Gasteiger partial charge in [-0.15, -0.1) is 24.0 Å². The fourth-order valence-electron chi connectivity index (χ4n) is 3.28. The summed E-state index contributed by atoms with van der Waals surface area (Å²) in [5.74, 6) is 1.39. The number of fused-ring (bicyclic) bond motifs is 1. The number of benzene rings is 1. The molecule has 0 atom stereocenters. The van der Waals surface area contributed by atoms with Gasteiger partial charge in [0.25, 0.3) is 0 Å². The van der Waals surface area contributed by atoms with Gasteiger partial charge < -0.3 is 21.1 Å². The van der Waals surface area contributed by atoms with E-state index in [0.717, 1.165) is 23.4 Å². The average molecular weight is 458 g/mol. The number of carbonyl (C=O) groups excluding carboxylic acids is 1. The Morgan fingerprint density at radius 1 is 1.28 bits per heavy atom. The van der Waals surface area contributed by atoms with Crippen LogP contribution in [0.2, 0.25) is 0 Å². The van der Waals surface area contributed by atoms with Crippen LogP contribution < -0.4 is 21.1 Å². The second-order valence-corrected chi connectivity index (χ2v) is 6.46. The summed E-state index contributed by atoms with van der Waals surface area (Å²) < 4.78 is 5.74. The lowest BCUT2D eigenvalue weighted by Gasteiger charge is -2.23. The molecule has 4 N–H and O–H groups in total. The van der Waals surface area contributed by atoms with Crippen molar-refractivity contribution in [1.29, 1.82) is 0 Å². The first-order chi connectivity index (χ1) is 11.7.